The van der Waals surface area contributed by atoms with E-state index in [4.69, 9.17) is 9.31 Å². The molecule has 46 heavy (non-hydrogen) atoms. The van der Waals surface area contributed by atoms with Crippen molar-refractivity contribution in [2.24, 2.45) is 0 Å². The molecule has 2 aromatic heterocycles. The number of hydrogen-bond donors (Lipinski definition) is 0. The summed E-state index contributed by atoms with van der Waals surface area (Å²) in [6.45, 7) is 17.6. The van der Waals surface area contributed by atoms with Gasteiger partial charge < -0.3 is 18.4 Å². The van der Waals surface area contributed by atoms with Crippen molar-refractivity contribution in [2.45, 2.75) is 66.6 Å². The van der Waals surface area contributed by atoms with Crippen LogP contribution in [0.15, 0.2) is 72.8 Å². The maximum absolute atomic E-state index is 6.73. The molecule has 3 aliphatic rings. The van der Waals surface area contributed by atoms with Crippen molar-refractivity contribution in [3.8, 4) is 11.4 Å². The molecule has 0 spiro atoms. The number of benzene rings is 5. The molecule has 0 aliphatic carbocycles. The lowest BCUT2D eigenvalue weighted by molar-refractivity contribution is 0.00578. The van der Waals surface area contributed by atoms with Crippen LogP contribution < -0.4 is 21.9 Å². The van der Waals surface area contributed by atoms with Crippen molar-refractivity contribution in [2.75, 3.05) is 0 Å². The predicted molar refractivity (Wildman–Crippen MR) is 194 cm³/mol. The Balaban J connectivity index is 1.42. The lowest BCUT2D eigenvalue weighted by atomic mass is 9.34. The number of aryl methyl sites for hydroxylation is 4. The van der Waals surface area contributed by atoms with Gasteiger partial charge in [0.1, 0.15) is 0 Å². The Morgan fingerprint density at radius 1 is 0.522 bits per heavy atom. The molecule has 0 unspecified atom stereocenters. The highest BCUT2D eigenvalue weighted by Crippen LogP contribution is 2.41. The van der Waals surface area contributed by atoms with Gasteiger partial charge in [-0.15, -0.1) is 0 Å². The highest BCUT2D eigenvalue weighted by Gasteiger charge is 2.52. The number of hydrogen-bond acceptors (Lipinski definition) is 2. The zero-order valence-electron chi connectivity index (χ0n) is 27.8. The molecule has 0 bridgehead atoms. The highest BCUT2D eigenvalue weighted by atomic mass is 16.7. The summed E-state index contributed by atoms with van der Waals surface area (Å²) in [4.78, 5) is 0. The van der Waals surface area contributed by atoms with E-state index in [9.17, 15) is 0 Å². The van der Waals surface area contributed by atoms with E-state index in [1.165, 1.54) is 93.6 Å². The average molecular weight is 598 g/mol. The van der Waals surface area contributed by atoms with Crippen LogP contribution in [0.3, 0.4) is 0 Å². The smallest absolute Gasteiger partial charge is 0.399 e. The van der Waals surface area contributed by atoms with E-state index in [2.05, 4.69) is 137 Å². The summed E-state index contributed by atoms with van der Waals surface area (Å²) in [5.74, 6) is 0. The van der Waals surface area contributed by atoms with Crippen LogP contribution in [0.5, 0.6) is 0 Å². The van der Waals surface area contributed by atoms with E-state index in [0.717, 1.165) is 5.46 Å². The Morgan fingerprint density at radius 3 is 1.41 bits per heavy atom. The molecule has 0 saturated carbocycles. The molecule has 3 aliphatic heterocycles. The molecule has 0 amide bonds. The summed E-state index contributed by atoms with van der Waals surface area (Å²) in [5, 5.41) is 5.27. The fourth-order valence-electron chi connectivity index (χ4n) is 8.73. The molecule has 1 fully saturated rings. The van der Waals surface area contributed by atoms with Crippen LogP contribution in [-0.2, 0) is 9.31 Å². The van der Waals surface area contributed by atoms with Gasteiger partial charge in [-0.3, -0.25) is 0 Å². The molecule has 5 aromatic carbocycles. The molecule has 0 atom stereocenters. The second-order valence-electron chi connectivity index (χ2n) is 15.2. The second-order valence-corrected chi connectivity index (χ2v) is 15.2. The molecule has 7 aromatic rings. The molecule has 5 heterocycles. The van der Waals surface area contributed by atoms with Crippen LogP contribution in [0.1, 0.15) is 49.9 Å². The van der Waals surface area contributed by atoms with E-state index < -0.39 is 18.3 Å². The molecule has 0 radical (unpaired) electrons. The number of aromatic nitrogens is 2. The summed E-state index contributed by atoms with van der Waals surface area (Å²) in [6, 6.07) is 28.2. The largest absolute Gasteiger partial charge is 0.494 e. The average Bonchev–Trinajstić information content (AvgIpc) is 3.56. The molecular weight excluding hydrogens is 562 g/mol. The van der Waals surface area contributed by atoms with Crippen molar-refractivity contribution < 1.29 is 9.31 Å². The SMILES string of the molecule is Cc1ccc2c(c1)c1cc(C)cc3c1n2-c1cc(B2OC(C)(C)C(C)(C)O2)cc2c1B3c1cc(C)cc3c4cc(C)ccc4n-2c13. The maximum Gasteiger partial charge on any atom is 0.494 e. The lowest BCUT2D eigenvalue weighted by Gasteiger charge is -2.34. The van der Waals surface area contributed by atoms with Crippen LogP contribution in [0, 0.1) is 27.7 Å². The minimum absolute atomic E-state index is 0.109. The van der Waals surface area contributed by atoms with Crippen LogP contribution in [0.4, 0.5) is 0 Å². The van der Waals surface area contributed by atoms with Crippen molar-refractivity contribution in [3.63, 3.8) is 0 Å². The molecule has 0 N–H and O–H groups in total. The normalized spacial score (nSPS) is 17.2. The summed E-state index contributed by atoms with van der Waals surface area (Å²) < 4.78 is 18.5. The first-order chi connectivity index (χ1) is 21.9. The van der Waals surface area contributed by atoms with E-state index in [-0.39, 0.29) is 6.71 Å². The quantitative estimate of drug-likeness (QED) is 0.201. The Kier molecular flexibility index (Phi) is 4.89. The fraction of sp³-hybridized carbons (Fsp3) is 0.250. The van der Waals surface area contributed by atoms with Gasteiger partial charge in [0.15, 0.2) is 0 Å². The maximum atomic E-state index is 6.73. The third kappa shape index (κ3) is 3.19. The summed E-state index contributed by atoms with van der Waals surface area (Å²) >= 11 is 0. The van der Waals surface area contributed by atoms with Crippen molar-refractivity contribution >= 4 is 79.3 Å². The molecule has 6 heteroatoms. The van der Waals surface area contributed by atoms with E-state index in [1.807, 2.05) is 0 Å². The van der Waals surface area contributed by atoms with Gasteiger partial charge in [0.2, 0.25) is 0 Å². The van der Waals surface area contributed by atoms with Crippen molar-refractivity contribution in [1.29, 1.82) is 0 Å². The first-order valence-corrected chi connectivity index (χ1v) is 16.6. The van der Waals surface area contributed by atoms with E-state index >= 15 is 0 Å². The van der Waals surface area contributed by atoms with Gasteiger partial charge in [-0.2, -0.15) is 0 Å². The van der Waals surface area contributed by atoms with Gasteiger partial charge >= 0.3 is 7.12 Å². The molecular formula is C40H36B2N2O2. The van der Waals surface area contributed by atoms with Crippen LogP contribution in [-0.4, -0.2) is 34.2 Å². The Bertz CT molecular complexity index is 2380. The molecule has 1 saturated heterocycles. The van der Waals surface area contributed by atoms with Crippen LogP contribution in [0.25, 0.3) is 55.0 Å². The van der Waals surface area contributed by atoms with E-state index in [0.29, 0.717) is 0 Å². The van der Waals surface area contributed by atoms with Gasteiger partial charge in [0.05, 0.1) is 22.2 Å². The minimum atomic E-state index is -0.469. The van der Waals surface area contributed by atoms with Gasteiger partial charge in [0, 0.05) is 44.0 Å². The van der Waals surface area contributed by atoms with Gasteiger partial charge in [-0.25, -0.2) is 0 Å². The monoisotopic (exact) mass is 598 g/mol. The second kappa shape index (κ2) is 8.36. The van der Waals surface area contributed by atoms with Crippen LogP contribution in [0.2, 0.25) is 0 Å². The first kappa shape index (κ1) is 26.9. The molecule has 224 valence electrons. The van der Waals surface area contributed by atoms with Gasteiger partial charge in [0.25, 0.3) is 6.71 Å². The highest BCUT2D eigenvalue weighted by molar-refractivity contribution is 7.00. The standard InChI is InChI=1S/C40H36B2N2O2/c1-21-9-11-32-26(13-21)28-15-23(3)17-30-37(28)43(32)34-19-25(42-45-39(5,6)40(7,8)46-42)20-35-36(34)41(30)31-18-24(4)16-29-27-14-22(2)10-12-33(27)44(35)38(29)31/h9-20H,1-8H3. The number of nitrogens with zero attached hydrogens (tertiary/aromatic N) is 2. The third-order valence-electron chi connectivity index (χ3n) is 11.5. The Hall–Kier alpha value is -4.25. The summed E-state index contributed by atoms with van der Waals surface area (Å²) in [7, 11) is -0.469. The zero-order chi connectivity index (χ0) is 31.6. The van der Waals surface area contributed by atoms with Gasteiger partial charge in [-0.1, -0.05) is 46.5 Å². The number of rotatable bonds is 1. The predicted octanol–water partition coefficient (Wildman–Crippen LogP) is 6.56. The fourth-order valence-corrected chi connectivity index (χ4v) is 8.73. The van der Waals surface area contributed by atoms with Crippen molar-refractivity contribution in [3.05, 3.63) is 95.1 Å². The van der Waals surface area contributed by atoms with Crippen molar-refractivity contribution in [1.82, 2.24) is 9.13 Å². The topological polar surface area (TPSA) is 28.3 Å². The molecule has 4 nitrogen and oxygen atoms in total. The zero-order valence-corrected chi connectivity index (χ0v) is 27.8. The Morgan fingerprint density at radius 2 is 0.957 bits per heavy atom. The third-order valence-corrected chi connectivity index (χ3v) is 11.5. The lowest BCUT2D eigenvalue weighted by Crippen LogP contribution is -2.60. The molecule has 10 rings (SSSR count). The van der Waals surface area contributed by atoms with E-state index in [1.54, 1.807) is 0 Å². The summed E-state index contributed by atoms with van der Waals surface area (Å²) in [6.07, 6.45) is 0. The number of fused-ring (bicyclic) bond motifs is 10. The Labute approximate surface area is 270 Å². The first-order valence-electron chi connectivity index (χ1n) is 16.6. The van der Waals surface area contributed by atoms with Crippen LogP contribution >= 0.6 is 0 Å². The van der Waals surface area contributed by atoms with Gasteiger partial charge in [-0.05, 0) is 126 Å². The minimum Gasteiger partial charge on any atom is -0.399 e. The summed E-state index contributed by atoms with van der Waals surface area (Å²) in [5.41, 5.74) is 17.0.